The fraction of sp³-hybridized carbons (Fsp3) is 0.700. The summed E-state index contributed by atoms with van der Waals surface area (Å²) in [6, 6.07) is 2.70. The number of rotatable bonds is 2. The molecule has 2 unspecified atom stereocenters. The third kappa shape index (κ3) is 1.91. The molecule has 72 valence electrons. The second-order valence-corrected chi connectivity index (χ2v) is 3.86. The maximum Gasteiger partial charge on any atom is 0.0490 e. The SMILES string of the molecule is CC(c1ccn[nH]1)C1CCCCN1. The molecule has 0 spiro atoms. The highest BCUT2D eigenvalue weighted by atomic mass is 15.1. The zero-order valence-corrected chi connectivity index (χ0v) is 8.09. The van der Waals surface area contributed by atoms with Gasteiger partial charge < -0.3 is 5.32 Å². The average Bonchev–Trinajstić information content (AvgIpc) is 2.71. The number of hydrogen-bond acceptors (Lipinski definition) is 2. The standard InChI is InChI=1S/C10H17N3/c1-8(10-5-7-12-13-10)9-4-2-3-6-11-9/h5,7-9,11H,2-4,6H2,1H3,(H,12,13). The van der Waals surface area contributed by atoms with E-state index in [0.29, 0.717) is 12.0 Å². The number of nitrogens with zero attached hydrogens (tertiary/aromatic N) is 1. The average molecular weight is 179 g/mol. The van der Waals surface area contributed by atoms with E-state index >= 15 is 0 Å². The molecule has 1 aliphatic heterocycles. The summed E-state index contributed by atoms with van der Waals surface area (Å²) >= 11 is 0. The lowest BCUT2D eigenvalue weighted by molar-refractivity contribution is 0.358. The molecule has 1 aliphatic rings. The van der Waals surface area contributed by atoms with Crippen molar-refractivity contribution in [2.45, 2.75) is 38.1 Å². The minimum absolute atomic E-state index is 0.558. The molecule has 2 atom stereocenters. The van der Waals surface area contributed by atoms with Gasteiger partial charge in [-0.2, -0.15) is 5.10 Å². The van der Waals surface area contributed by atoms with Crippen molar-refractivity contribution in [3.63, 3.8) is 0 Å². The van der Waals surface area contributed by atoms with Gasteiger partial charge in [-0.15, -0.1) is 0 Å². The van der Waals surface area contributed by atoms with Crippen LogP contribution in [-0.4, -0.2) is 22.8 Å². The predicted octanol–water partition coefficient (Wildman–Crippen LogP) is 1.66. The maximum atomic E-state index is 3.99. The lowest BCUT2D eigenvalue weighted by Gasteiger charge is -2.28. The van der Waals surface area contributed by atoms with E-state index in [-0.39, 0.29) is 0 Å². The molecular weight excluding hydrogens is 162 g/mol. The molecule has 1 aromatic heterocycles. The summed E-state index contributed by atoms with van der Waals surface area (Å²) in [5, 5.41) is 10.6. The monoisotopic (exact) mass is 179 g/mol. The molecule has 0 amide bonds. The van der Waals surface area contributed by atoms with Crippen LogP contribution in [0.5, 0.6) is 0 Å². The van der Waals surface area contributed by atoms with Crippen molar-refractivity contribution in [1.82, 2.24) is 15.5 Å². The van der Waals surface area contributed by atoms with Gasteiger partial charge in [-0.3, -0.25) is 5.10 Å². The first kappa shape index (κ1) is 8.75. The first-order valence-electron chi connectivity index (χ1n) is 5.10. The zero-order valence-electron chi connectivity index (χ0n) is 8.09. The van der Waals surface area contributed by atoms with Crippen LogP contribution in [-0.2, 0) is 0 Å². The second kappa shape index (κ2) is 3.92. The van der Waals surface area contributed by atoms with Gasteiger partial charge in [-0.05, 0) is 25.5 Å². The van der Waals surface area contributed by atoms with E-state index in [1.54, 1.807) is 0 Å². The molecule has 1 aromatic rings. The van der Waals surface area contributed by atoms with Crippen molar-refractivity contribution in [3.05, 3.63) is 18.0 Å². The summed E-state index contributed by atoms with van der Waals surface area (Å²) in [7, 11) is 0. The topological polar surface area (TPSA) is 40.7 Å². The Morgan fingerprint density at radius 3 is 3.08 bits per heavy atom. The van der Waals surface area contributed by atoms with E-state index in [9.17, 15) is 0 Å². The van der Waals surface area contributed by atoms with Crippen LogP contribution in [0.15, 0.2) is 12.3 Å². The molecule has 0 radical (unpaired) electrons. The van der Waals surface area contributed by atoms with Crippen LogP contribution in [0.2, 0.25) is 0 Å². The van der Waals surface area contributed by atoms with Crippen LogP contribution in [0, 0.1) is 0 Å². The van der Waals surface area contributed by atoms with Crippen molar-refractivity contribution in [2.75, 3.05) is 6.54 Å². The normalized spacial score (nSPS) is 25.8. The quantitative estimate of drug-likeness (QED) is 0.725. The van der Waals surface area contributed by atoms with Gasteiger partial charge >= 0.3 is 0 Å². The lowest BCUT2D eigenvalue weighted by atomic mass is 9.91. The first-order valence-corrected chi connectivity index (χ1v) is 5.10. The van der Waals surface area contributed by atoms with Crippen molar-refractivity contribution in [2.24, 2.45) is 0 Å². The largest absolute Gasteiger partial charge is 0.313 e. The van der Waals surface area contributed by atoms with Crippen molar-refractivity contribution < 1.29 is 0 Å². The molecule has 0 aliphatic carbocycles. The van der Waals surface area contributed by atoms with Gasteiger partial charge in [-0.1, -0.05) is 13.3 Å². The Morgan fingerprint density at radius 2 is 2.46 bits per heavy atom. The molecule has 2 rings (SSSR count). The molecule has 3 nitrogen and oxygen atoms in total. The van der Waals surface area contributed by atoms with Gasteiger partial charge in [0.05, 0.1) is 0 Å². The van der Waals surface area contributed by atoms with E-state index in [4.69, 9.17) is 0 Å². The summed E-state index contributed by atoms with van der Waals surface area (Å²) in [5.41, 5.74) is 1.25. The fourth-order valence-corrected chi connectivity index (χ4v) is 2.04. The van der Waals surface area contributed by atoms with Crippen LogP contribution >= 0.6 is 0 Å². The molecule has 0 bridgehead atoms. The Hall–Kier alpha value is -0.830. The van der Waals surface area contributed by atoms with Gasteiger partial charge in [0, 0.05) is 23.9 Å². The minimum Gasteiger partial charge on any atom is -0.313 e. The van der Waals surface area contributed by atoms with Gasteiger partial charge in [0.25, 0.3) is 0 Å². The van der Waals surface area contributed by atoms with Crippen LogP contribution in [0.3, 0.4) is 0 Å². The number of H-pyrrole nitrogens is 1. The van der Waals surface area contributed by atoms with E-state index < -0.39 is 0 Å². The Morgan fingerprint density at radius 1 is 1.54 bits per heavy atom. The van der Waals surface area contributed by atoms with E-state index in [1.165, 1.54) is 31.5 Å². The summed E-state index contributed by atoms with van der Waals surface area (Å²) < 4.78 is 0. The maximum absolute atomic E-state index is 3.99. The zero-order chi connectivity index (χ0) is 9.10. The van der Waals surface area contributed by atoms with Crippen LogP contribution in [0.4, 0.5) is 0 Å². The summed E-state index contributed by atoms with van der Waals surface area (Å²) in [5.74, 6) is 0.558. The van der Waals surface area contributed by atoms with Gasteiger partial charge in [0.15, 0.2) is 0 Å². The predicted molar refractivity (Wildman–Crippen MR) is 52.6 cm³/mol. The van der Waals surface area contributed by atoms with Crippen molar-refractivity contribution in [1.29, 1.82) is 0 Å². The van der Waals surface area contributed by atoms with Crippen LogP contribution < -0.4 is 5.32 Å². The van der Waals surface area contributed by atoms with E-state index in [0.717, 1.165) is 0 Å². The third-order valence-electron chi connectivity index (χ3n) is 2.96. The van der Waals surface area contributed by atoms with Gasteiger partial charge in [-0.25, -0.2) is 0 Å². The molecule has 1 fully saturated rings. The minimum atomic E-state index is 0.558. The van der Waals surface area contributed by atoms with E-state index in [1.807, 2.05) is 6.20 Å². The van der Waals surface area contributed by atoms with Crippen LogP contribution in [0.25, 0.3) is 0 Å². The Labute approximate surface area is 78.9 Å². The highest BCUT2D eigenvalue weighted by molar-refractivity contribution is 5.08. The smallest absolute Gasteiger partial charge is 0.0490 e. The number of aromatic amines is 1. The summed E-state index contributed by atoms with van der Waals surface area (Å²) in [4.78, 5) is 0. The molecule has 13 heavy (non-hydrogen) atoms. The molecule has 0 aromatic carbocycles. The lowest BCUT2D eigenvalue weighted by Crippen LogP contribution is -2.37. The number of hydrogen-bond donors (Lipinski definition) is 2. The molecular formula is C10H17N3. The molecule has 2 heterocycles. The molecule has 2 N–H and O–H groups in total. The van der Waals surface area contributed by atoms with Gasteiger partial charge in [0.2, 0.25) is 0 Å². The molecule has 0 saturated carbocycles. The highest BCUT2D eigenvalue weighted by Gasteiger charge is 2.21. The number of aromatic nitrogens is 2. The van der Waals surface area contributed by atoms with Crippen molar-refractivity contribution in [3.8, 4) is 0 Å². The summed E-state index contributed by atoms with van der Waals surface area (Å²) in [6.45, 7) is 3.43. The second-order valence-electron chi connectivity index (χ2n) is 3.86. The van der Waals surface area contributed by atoms with Crippen LogP contribution in [0.1, 0.15) is 37.8 Å². The highest BCUT2D eigenvalue weighted by Crippen LogP contribution is 2.22. The van der Waals surface area contributed by atoms with Gasteiger partial charge in [0.1, 0.15) is 0 Å². The Bertz CT molecular complexity index is 237. The number of piperidine rings is 1. The van der Waals surface area contributed by atoms with Crippen molar-refractivity contribution >= 4 is 0 Å². The first-order chi connectivity index (χ1) is 6.38. The van der Waals surface area contributed by atoms with E-state index in [2.05, 4.69) is 28.5 Å². The summed E-state index contributed by atoms with van der Waals surface area (Å²) in [6.07, 6.45) is 5.80. The fourth-order valence-electron chi connectivity index (χ4n) is 2.04. The Kier molecular flexibility index (Phi) is 2.64. The molecule has 1 saturated heterocycles. The Balaban J connectivity index is 1.99. The third-order valence-corrected chi connectivity index (χ3v) is 2.96. The number of nitrogens with one attached hydrogen (secondary N) is 2. The molecule has 3 heteroatoms.